The van der Waals surface area contributed by atoms with Gasteiger partial charge in [0, 0.05) is 16.5 Å². The molecule has 0 amide bonds. The summed E-state index contributed by atoms with van der Waals surface area (Å²) < 4.78 is 0. The third-order valence-corrected chi connectivity index (χ3v) is 2.83. The number of hydrogen-bond acceptors (Lipinski definition) is 3. The summed E-state index contributed by atoms with van der Waals surface area (Å²) >= 11 is 7.29. The molecule has 1 aromatic carbocycles. The Morgan fingerprint density at radius 2 is 2.14 bits per heavy atom. The molecule has 0 aliphatic heterocycles. The molecule has 1 aromatic heterocycles. The molecule has 2 N–H and O–H groups in total. The van der Waals surface area contributed by atoms with Gasteiger partial charge in [-0.05, 0) is 18.2 Å². The smallest absolute Gasteiger partial charge is 0.142 e. The zero-order valence-electron chi connectivity index (χ0n) is 7.33. The maximum atomic E-state index is 5.86. The van der Waals surface area contributed by atoms with Crippen molar-refractivity contribution < 1.29 is 0 Å². The van der Waals surface area contributed by atoms with Crippen LogP contribution >= 0.6 is 23.4 Å². The van der Waals surface area contributed by atoms with Crippen molar-refractivity contribution >= 4 is 40.1 Å². The molecule has 2 rings (SSSR count). The van der Waals surface area contributed by atoms with Crippen LogP contribution in [0.3, 0.4) is 0 Å². The highest BCUT2D eigenvalue weighted by molar-refractivity contribution is 8.00. The molecule has 14 heavy (non-hydrogen) atoms. The van der Waals surface area contributed by atoms with Crippen LogP contribution in [0.5, 0.6) is 0 Å². The van der Waals surface area contributed by atoms with Crippen LogP contribution in [0.2, 0.25) is 5.02 Å². The molecule has 2 nitrogen and oxygen atoms in total. The summed E-state index contributed by atoms with van der Waals surface area (Å²) in [6.45, 7) is 0. The van der Waals surface area contributed by atoms with Crippen LogP contribution in [-0.4, -0.2) is 4.98 Å². The van der Waals surface area contributed by atoms with Crippen molar-refractivity contribution in [2.24, 2.45) is 0 Å². The number of benzene rings is 1. The van der Waals surface area contributed by atoms with Gasteiger partial charge in [-0.1, -0.05) is 17.7 Å². The number of nitrogen functional groups attached to an aromatic ring is 1. The van der Waals surface area contributed by atoms with Gasteiger partial charge >= 0.3 is 0 Å². The average Bonchev–Trinajstić information content (AvgIpc) is 2.19. The minimum absolute atomic E-state index is 0.366. The van der Waals surface area contributed by atoms with Gasteiger partial charge in [0.1, 0.15) is 5.82 Å². The predicted molar refractivity (Wildman–Crippen MR) is 62.4 cm³/mol. The summed E-state index contributed by atoms with van der Waals surface area (Å²) in [5.41, 5.74) is 6.46. The fourth-order valence-electron chi connectivity index (χ4n) is 1.23. The molecular weight excluding hydrogens is 216 g/mol. The van der Waals surface area contributed by atoms with Crippen LogP contribution in [0, 0.1) is 6.26 Å². The van der Waals surface area contributed by atoms with Gasteiger partial charge in [-0.2, -0.15) is 0 Å². The minimum atomic E-state index is 0.366. The molecule has 0 saturated carbocycles. The van der Waals surface area contributed by atoms with Crippen molar-refractivity contribution in [2.75, 3.05) is 5.73 Å². The van der Waals surface area contributed by atoms with Crippen LogP contribution in [0.4, 0.5) is 5.82 Å². The lowest BCUT2D eigenvalue weighted by Crippen LogP contribution is -1.91. The number of rotatable bonds is 1. The van der Waals surface area contributed by atoms with Gasteiger partial charge in [-0.15, -0.1) is 11.8 Å². The van der Waals surface area contributed by atoms with Gasteiger partial charge in [0.15, 0.2) is 0 Å². The van der Waals surface area contributed by atoms with Gasteiger partial charge in [0.05, 0.1) is 10.5 Å². The topological polar surface area (TPSA) is 38.9 Å². The molecule has 0 saturated heterocycles. The zero-order chi connectivity index (χ0) is 10.1. The van der Waals surface area contributed by atoms with E-state index in [2.05, 4.69) is 11.2 Å². The summed E-state index contributed by atoms with van der Waals surface area (Å²) in [6.07, 6.45) is 3.73. The van der Waals surface area contributed by atoms with E-state index in [9.17, 15) is 0 Å². The first-order valence-corrected chi connectivity index (χ1v) is 5.35. The number of aromatic nitrogens is 1. The summed E-state index contributed by atoms with van der Waals surface area (Å²) in [6, 6.07) is 7.70. The molecule has 0 atom stereocenters. The van der Waals surface area contributed by atoms with Gasteiger partial charge < -0.3 is 5.73 Å². The van der Waals surface area contributed by atoms with Crippen LogP contribution in [0.1, 0.15) is 0 Å². The Labute approximate surface area is 91.5 Å². The maximum absolute atomic E-state index is 5.86. The fraction of sp³-hybridized carbons (Fsp3) is 0. The summed E-state index contributed by atoms with van der Waals surface area (Å²) in [5, 5.41) is 1.48. The molecule has 1 radical (unpaired) electrons. The SMILES string of the molecule is [CH2]Sc1ccc2cc(Cl)c(N)nc2c1. The van der Waals surface area contributed by atoms with Crippen molar-refractivity contribution in [2.45, 2.75) is 4.90 Å². The van der Waals surface area contributed by atoms with Gasteiger partial charge in [-0.3, -0.25) is 0 Å². The van der Waals surface area contributed by atoms with Crippen molar-refractivity contribution in [3.8, 4) is 0 Å². The number of nitrogens with two attached hydrogens (primary N) is 1. The molecule has 0 fully saturated rings. The first-order valence-electron chi connectivity index (χ1n) is 3.98. The normalized spacial score (nSPS) is 10.7. The van der Waals surface area contributed by atoms with E-state index in [1.807, 2.05) is 24.3 Å². The van der Waals surface area contributed by atoms with Crippen molar-refractivity contribution in [1.82, 2.24) is 4.98 Å². The third kappa shape index (κ3) is 1.65. The lowest BCUT2D eigenvalue weighted by molar-refractivity contribution is 1.38. The van der Waals surface area contributed by atoms with E-state index >= 15 is 0 Å². The highest BCUT2D eigenvalue weighted by atomic mass is 35.5. The molecular formula is C10H8ClN2S. The Morgan fingerprint density at radius 3 is 2.86 bits per heavy atom. The van der Waals surface area contributed by atoms with E-state index in [1.54, 1.807) is 0 Å². The van der Waals surface area contributed by atoms with E-state index in [-0.39, 0.29) is 0 Å². The Hall–Kier alpha value is -0.930. The molecule has 71 valence electrons. The first-order chi connectivity index (χ1) is 6.70. The lowest BCUT2D eigenvalue weighted by Gasteiger charge is -2.02. The maximum Gasteiger partial charge on any atom is 0.142 e. The summed E-state index contributed by atoms with van der Waals surface area (Å²) in [4.78, 5) is 5.25. The predicted octanol–water partition coefficient (Wildman–Crippen LogP) is 3.35. The molecule has 2 aromatic rings. The number of thioether (sulfide) groups is 1. The monoisotopic (exact) mass is 223 g/mol. The Bertz CT molecular complexity index is 485. The number of pyridine rings is 1. The number of nitrogens with zero attached hydrogens (tertiary/aromatic N) is 1. The molecule has 0 aliphatic carbocycles. The summed E-state index contributed by atoms with van der Waals surface area (Å²) in [7, 11) is 0. The zero-order valence-corrected chi connectivity index (χ0v) is 8.90. The van der Waals surface area contributed by atoms with Crippen molar-refractivity contribution in [3.63, 3.8) is 0 Å². The van der Waals surface area contributed by atoms with Gasteiger partial charge in [0.2, 0.25) is 0 Å². The molecule has 1 heterocycles. The standard InChI is InChI=1S/C10H8ClN2S/c1-14-7-3-2-6-4-8(11)10(12)13-9(6)5-7/h2-5H,1H2,(H2,12,13). The number of fused-ring (bicyclic) bond motifs is 1. The quantitative estimate of drug-likeness (QED) is 0.754. The van der Waals surface area contributed by atoms with E-state index in [1.165, 1.54) is 11.8 Å². The second kappa shape index (κ2) is 3.67. The van der Waals surface area contributed by atoms with Crippen LogP contribution in [0.25, 0.3) is 10.9 Å². The molecule has 0 bridgehead atoms. The van der Waals surface area contributed by atoms with Crippen LogP contribution < -0.4 is 5.73 Å². The second-order valence-corrected chi connectivity index (χ2v) is 4.02. The number of anilines is 1. The van der Waals surface area contributed by atoms with Gasteiger partial charge in [-0.25, -0.2) is 4.98 Å². The van der Waals surface area contributed by atoms with Crippen molar-refractivity contribution in [3.05, 3.63) is 35.5 Å². The van der Waals surface area contributed by atoms with E-state index < -0.39 is 0 Å². The molecule has 0 unspecified atom stereocenters. The third-order valence-electron chi connectivity index (χ3n) is 1.94. The van der Waals surface area contributed by atoms with E-state index in [0.29, 0.717) is 10.8 Å². The van der Waals surface area contributed by atoms with Crippen LogP contribution in [0.15, 0.2) is 29.2 Å². The molecule has 4 heteroatoms. The number of halogens is 1. The average molecular weight is 224 g/mol. The van der Waals surface area contributed by atoms with Crippen LogP contribution in [-0.2, 0) is 0 Å². The van der Waals surface area contributed by atoms with E-state index in [0.717, 1.165) is 15.8 Å². The number of hydrogen-bond donors (Lipinski definition) is 1. The molecule has 0 aliphatic rings. The minimum Gasteiger partial charge on any atom is -0.382 e. The second-order valence-electron chi connectivity index (χ2n) is 2.85. The Morgan fingerprint density at radius 1 is 1.36 bits per heavy atom. The fourth-order valence-corrected chi connectivity index (χ4v) is 1.74. The first kappa shape index (κ1) is 9.62. The Kier molecular flexibility index (Phi) is 2.52. The van der Waals surface area contributed by atoms with Crippen molar-refractivity contribution in [1.29, 1.82) is 0 Å². The lowest BCUT2D eigenvalue weighted by atomic mass is 10.2. The van der Waals surface area contributed by atoms with E-state index in [4.69, 9.17) is 17.3 Å². The highest BCUT2D eigenvalue weighted by Gasteiger charge is 2.02. The highest BCUT2D eigenvalue weighted by Crippen LogP contribution is 2.26. The van der Waals surface area contributed by atoms with Gasteiger partial charge in [0.25, 0.3) is 0 Å². The molecule has 0 spiro atoms. The largest absolute Gasteiger partial charge is 0.382 e. The summed E-state index contributed by atoms with van der Waals surface area (Å²) in [5.74, 6) is 0.366. The Balaban J connectivity index is 2.70.